The van der Waals surface area contributed by atoms with Gasteiger partial charge in [0.1, 0.15) is 0 Å². The van der Waals surface area contributed by atoms with Crippen LogP contribution in [0.4, 0.5) is 0 Å². The van der Waals surface area contributed by atoms with Crippen LogP contribution in [0.3, 0.4) is 0 Å². The fourth-order valence-electron chi connectivity index (χ4n) is 1.68. The Labute approximate surface area is 110 Å². The van der Waals surface area contributed by atoms with Crippen molar-refractivity contribution < 1.29 is 4.79 Å². The summed E-state index contributed by atoms with van der Waals surface area (Å²) in [5.41, 5.74) is 2.56. The van der Waals surface area contributed by atoms with Gasteiger partial charge in [0.25, 0.3) is 0 Å². The van der Waals surface area contributed by atoms with Gasteiger partial charge in [-0.3, -0.25) is 4.79 Å². The summed E-state index contributed by atoms with van der Waals surface area (Å²) in [6, 6.07) is 8.50. The first kappa shape index (κ1) is 14.7. The Balaban J connectivity index is 2.18. The summed E-state index contributed by atoms with van der Waals surface area (Å²) in [6.07, 6.45) is 3.22. The fraction of sp³-hybridized carbons (Fsp3) is 0.533. The van der Waals surface area contributed by atoms with E-state index in [-0.39, 0.29) is 5.91 Å². The van der Waals surface area contributed by atoms with E-state index in [1.807, 2.05) is 0 Å². The lowest BCUT2D eigenvalue weighted by atomic mass is 10.1. The smallest absolute Gasteiger partial charge is 0.233 e. The van der Waals surface area contributed by atoms with Gasteiger partial charge in [-0.05, 0) is 24.0 Å². The normalized spacial score (nSPS) is 10.3. The first-order valence-electron chi connectivity index (χ1n) is 6.81. The summed E-state index contributed by atoms with van der Waals surface area (Å²) >= 11 is 0. The molecular formula is C15H24N2O. The second kappa shape index (κ2) is 8.70. The molecule has 1 aromatic rings. The molecule has 0 atom stereocenters. The van der Waals surface area contributed by atoms with Gasteiger partial charge in [-0.1, -0.05) is 44.5 Å². The third-order valence-corrected chi connectivity index (χ3v) is 2.90. The molecule has 3 nitrogen and oxygen atoms in total. The minimum Gasteiger partial charge on any atom is -0.355 e. The lowest BCUT2D eigenvalue weighted by molar-refractivity contribution is -0.120. The molecule has 1 amide bonds. The van der Waals surface area contributed by atoms with Crippen molar-refractivity contribution in [1.82, 2.24) is 10.6 Å². The number of rotatable bonds is 8. The standard InChI is InChI=1S/C15H24N2O/c1-3-5-10-17-15(18)12-16-11-14-8-6-13(4-2)7-9-14/h6-9,16H,3-5,10-12H2,1-2H3,(H,17,18). The maximum absolute atomic E-state index is 11.4. The second-order valence-corrected chi connectivity index (χ2v) is 4.48. The van der Waals surface area contributed by atoms with Crippen molar-refractivity contribution in [2.24, 2.45) is 0 Å². The molecule has 18 heavy (non-hydrogen) atoms. The van der Waals surface area contributed by atoms with E-state index in [2.05, 4.69) is 48.7 Å². The first-order chi connectivity index (χ1) is 8.76. The average Bonchev–Trinajstić information content (AvgIpc) is 2.40. The molecule has 0 aliphatic carbocycles. The van der Waals surface area contributed by atoms with E-state index in [0.717, 1.165) is 32.4 Å². The molecule has 2 N–H and O–H groups in total. The number of nitrogens with one attached hydrogen (secondary N) is 2. The molecule has 100 valence electrons. The van der Waals surface area contributed by atoms with E-state index in [1.54, 1.807) is 0 Å². The number of hydrogen-bond acceptors (Lipinski definition) is 2. The van der Waals surface area contributed by atoms with E-state index in [9.17, 15) is 4.79 Å². The van der Waals surface area contributed by atoms with Crippen LogP contribution in [0.5, 0.6) is 0 Å². The van der Waals surface area contributed by atoms with Gasteiger partial charge in [0.2, 0.25) is 5.91 Å². The summed E-state index contributed by atoms with van der Waals surface area (Å²) in [6.45, 7) is 6.17. The van der Waals surface area contributed by atoms with Crippen molar-refractivity contribution in [3.8, 4) is 0 Å². The Bertz CT molecular complexity index is 346. The van der Waals surface area contributed by atoms with E-state index in [4.69, 9.17) is 0 Å². The third-order valence-electron chi connectivity index (χ3n) is 2.90. The highest BCUT2D eigenvalue weighted by Gasteiger charge is 1.99. The fourth-order valence-corrected chi connectivity index (χ4v) is 1.68. The van der Waals surface area contributed by atoms with Crippen molar-refractivity contribution in [2.45, 2.75) is 39.7 Å². The van der Waals surface area contributed by atoms with Gasteiger partial charge in [-0.15, -0.1) is 0 Å². The molecule has 0 spiro atoms. The van der Waals surface area contributed by atoms with Crippen molar-refractivity contribution in [3.05, 3.63) is 35.4 Å². The van der Waals surface area contributed by atoms with Gasteiger partial charge in [-0.2, -0.15) is 0 Å². The molecule has 0 radical (unpaired) electrons. The first-order valence-corrected chi connectivity index (χ1v) is 6.81. The van der Waals surface area contributed by atoms with Crippen LogP contribution in [-0.4, -0.2) is 19.0 Å². The number of aryl methyl sites for hydroxylation is 1. The van der Waals surface area contributed by atoms with Crippen molar-refractivity contribution >= 4 is 5.91 Å². The van der Waals surface area contributed by atoms with Gasteiger partial charge in [0.15, 0.2) is 0 Å². The minimum atomic E-state index is 0.0774. The molecular weight excluding hydrogens is 224 g/mol. The number of benzene rings is 1. The topological polar surface area (TPSA) is 41.1 Å². The van der Waals surface area contributed by atoms with Gasteiger partial charge in [0, 0.05) is 13.1 Å². The zero-order valence-electron chi connectivity index (χ0n) is 11.5. The molecule has 0 saturated heterocycles. The Morgan fingerprint density at radius 1 is 1.11 bits per heavy atom. The maximum Gasteiger partial charge on any atom is 0.233 e. The lowest BCUT2D eigenvalue weighted by Gasteiger charge is -2.06. The molecule has 1 aromatic carbocycles. The van der Waals surface area contributed by atoms with Crippen molar-refractivity contribution in [3.63, 3.8) is 0 Å². The van der Waals surface area contributed by atoms with Crippen LogP contribution >= 0.6 is 0 Å². The van der Waals surface area contributed by atoms with E-state index in [0.29, 0.717) is 6.54 Å². The predicted octanol–water partition coefficient (Wildman–Crippen LogP) is 2.25. The summed E-state index contributed by atoms with van der Waals surface area (Å²) in [7, 11) is 0. The molecule has 1 rings (SSSR count). The number of carbonyl (C=O) groups excluding carboxylic acids is 1. The van der Waals surface area contributed by atoms with Crippen LogP contribution in [0.25, 0.3) is 0 Å². The lowest BCUT2D eigenvalue weighted by Crippen LogP contribution is -2.34. The molecule has 0 unspecified atom stereocenters. The Kier molecular flexibility index (Phi) is 7.11. The van der Waals surface area contributed by atoms with Crippen LogP contribution in [0.1, 0.15) is 37.8 Å². The Morgan fingerprint density at radius 3 is 2.39 bits per heavy atom. The maximum atomic E-state index is 11.4. The number of amides is 1. The molecule has 0 aromatic heterocycles. The monoisotopic (exact) mass is 248 g/mol. The molecule has 0 heterocycles. The molecule has 0 aliphatic heterocycles. The molecule has 0 aliphatic rings. The van der Waals surface area contributed by atoms with Crippen LogP contribution in [0.15, 0.2) is 24.3 Å². The highest BCUT2D eigenvalue weighted by molar-refractivity contribution is 5.77. The molecule has 0 saturated carbocycles. The van der Waals surface area contributed by atoms with E-state index < -0.39 is 0 Å². The summed E-state index contributed by atoms with van der Waals surface area (Å²) in [4.78, 5) is 11.4. The van der Waals surface area contributed by atoms with Gasteiger partial charge in [-0.25, -0.2) is 0 Å². The van der Waals surface area contributed by atoms with E-state index in [1.165, 1.54) is 11.1 Å². The van der Waals surface area contributed by atoms with Gasteiger partial charge < -0.3 is 10.6 Å². The molecule has 0 fully saturated rings. The van der Waals surface area contributed by atoms with Crippen molar-refractivity contribution in [1.29, 1.82) is 0 Å². The van der Waals surface area contributed by atoms with Crippen LogP contribution in [0.2, 0.25) is 0 Å². The average molecular weight is 248 g/mol. The highest BCUT2D eigenvalue weighted by Crippen LogP contribution is 2.04. The van der Waals surface area contributed by atoms with Gasteiger partial charge >= 0.3 is 0 Å². The number of hydrogen-bond donors (Lipinski definition) is 2. The van der Waals surface area contributed by atoms with Crippen LogP contribution in [-0.2, 0) is 17.8 Å². The largest absolute Gasteiger partial charge is 0.355 e. The predicted molar refractivity (Wildman–Crippen MR) is 75.4 cm³/mol. The zero-order valence-corrected chi connectivity index (χ0v) is 11.5. The quantitative estimate of drug-likeness (QED) is 0.693. The summed E-state index contributed by atoms with van der Waals surface area (Å²) in [5, 5.41) is 6.04. The van der Waals surface area contributed by atoms with Gasteiger partial charge in [0.05, 0.1) is 6.54 Å². The number of carbonyl (C=O) groups is 1. The molecule has 3 heteroatoms. The molecule has 0 bridgehead atoms. The van der Waals surface area contributed by atoms with Crippen LogP contribution in [0, 0.1) is 0 Å². The zero-order chi connectivity index (χ0) is 13.2. The summed E-state index contributed by atoms with van der Waals surface area (Å²) in [5.74, 6) is 0.0774. The Hall–Kier alpha value is -1.35. The number of unbranched alkanes of at least 4 members (excludes halogenated alkanes) is 1. The summed E-state index contributed by atoms with van der Waals surface area (Å²) < 4.78 is 0. The minimum absolute atomic E-state index is 0.0774. The highest BCUT2D eigenvalue weighted by atomic mass is 16.1. The second-order valence-electron chi connectivity index (χ2n) is 4.48. The Morgan fingerprint density at radius 2 is 1.78 bits per heavy atom. The van der Waals surface area contributed by atoms with Crippen LogP contribution < -0.4 is 10.6 Å². The third kappa shape index (κ3) is 5.82. The van der Waals surface area contributed by atoms with Crippen molar-refractivity contribution in [2.75, 3.05) is 13.1 Å². The van der Waals surface area contributed by atoms with E-state index >= 15 is 0 Å². The SMILES string of the molecule is CCCCNC(=O)CNCc1ccc(CC)cc1.